The Labute approximate surface area is 97.2 Å². The van der Waals surface area contributed by atoms with E-state index in [0.29, 0.717) is 5.92 Å². The molecule has 0 bridgehead atoms. The van der Waals surface area contributed by atoms with Gasteiger partial charge >= 0.3 is 0 Å². The molecule has 2 N–H and O–H groups in total. The van der Waals surface area contributed by atoms with Crippen LogP contribution in [-0.2, 0) is 11.8 Å². The fourth-order valence-electron chi connectivity index (χ4n) is 2.52. The van der Waals surface area contributed by atoms with E-state index in [4.69, 9.17) is 0 Å². The lowest BCUT2D eigenvalue weighted by Crippen LogP contribution is -2.36. The predicted molar refractivity (Wildman–Crippen MR) is 64.4 cm³/mol. The van der Waals surface area contributed by atoms with Crippen LogP contribution >= 0.6 is 0 Å². The molecule has 4 heteroatoms. The van der Waals surface area contributed by atoms with Gasteiger partial charge in [0, 0.05) is 18.4 Å². The highest BCUT2D eigenvalue weighted by molar-refractivity contribution is 5.14. The molecule has 4 nitrogen and oxygen atoms in total. The van der Waals surface area contributed by atoms with E-state index in [1.807, 2.05) is 0 Å². The second kappa shape index (κ2) is 4.53. The van der Waals surface area contributed by atoms with Crippen LogP contribution in [0.4, 0.5) is 0 Å². The summed E-state index contributed by atoms with van der Waals surface area (Å²) < 4.78 is 0. The smallest absolute Gasteiger partial charge is 0.158 e. The van der Waals surface area contributed by atoms with Crippen molar-refractivity contribution >= 4 is 0 Å². The number of aromatic nitrogens is 3. The number of aryl methyl sites for hydroxylation is 1. The van der Waals surface area contributed by atoms with Gasteiger partial charge in [-0.3, -0.25) is 5.10 Å². The minimum atomic E-state index is 0.141. The van der Waals surface area contributed by atoms with Crippen molar-refractivity contribution in [3.8, 4) is 0 Å². The molecular formula is C12H22N4. The van der Waals surface area contributed by atoms with Gasteiger partial charge in [-0.25, -0.2) is 4.98 Å². The molecule has 2 heterocycles. The van der Waals surface area contributed by atoms with E-state index < -0.39 is 0 Å². The molecule has 0 spiro atoms. The third kappa shape index (κ3) is 1.86. The van der Waals surface area contributed by atoms with Gasteiger partial charge in [0.1, 0.15) is 5.82 Å². The zero-order chi connectivity index (χ0) is 11.6. The molecule has 1 fully saturated rings. The Morgan fingerprint density at radius 2 is 2.25 bits per heavy atom. The number of rotatable bonds is 4. The molecule has 1 aromatic rings. The molecule has 0 aliphatic carbocycles. The first-order valence-electron chi connectivity index (χ1n) is 6.31. The molecule has 1 aliphatic heterocycles. The number of hydrogen-bond acceptors (Lipinski definition) is 3. The second-order valence-corrected chi connectivity index (χ2v) is 5.09. The average molecular weight is 222 g/mol. The summed E-state index contributed by atoms with van der Waals surface area (Å²) in [4.78, 5) is 4.67. The Balaban J connectivity index is 2.25. The molecule has 1 aromatic heterocycles. The maximum atomic E-state index is 4.67. The molecule has 1 unspecified atom stereocenters. The highest BCUT2D eigenvalue weighted by atomic mass is 15.2. The topological polar surface area (TPSA) is 53.6 Å². The first kappa shape index (κ1) is 11.6. The first-order valence-corrected chi connectivity index (χ1v) is 6.31. The zero-order valence-corrected chi connectivity index (χ0v) is 10.5. The Kier molecular flexibility index (Phi) is 3.28. The molecule has 2 rings (SSSR count). The highest BCUT2D eigenvalue weighted by Gasteiger charge is 2.41. The third-order valence-corrected chi connectivity index (χ3v) is 3.76. The van der Waals surface area contributed by atoms with Gasteiger partial charge in [-0.15, -0.1) is 0 Å². The third-order valence-electron chi connectivity index (χ3n) is 3.76. The number of hydrogen-bond donors (Lipinski definition) is 2. The van der Waals surface area contributed by atoms with Crippen LogP contribution in [0.25, 0.3) is 0 Å². The molecule has 1 atom stereocenters. The number of aromatic amines is 1. The van der Waals surface area contributed by atoms with Crippen molar-refractivity contribution in [3.63, 3.8) is 0 Å². The van der Waals surface area contributed by atoms with E-state index in [2.05, 4.69) is 41.3 Å². The van der Waals surface area contributed by atoms with E-state index in [0.717, 1.165) is 44.0 Å². The summed E-state index contributed by atoms with van der Waals surface area (Å²) >= 11 is 0. The molecule has 1 saturated heterocycles. The van der Waals surface area contributed by atoms with E-state index in [9.17, 15) is 0 Å². The van der Waals surface area contributed by atoms with Gasteiger partial charge in [0.25, 0.3) is 0 Å². The van der Waals surface area contributed by atoms with Crippen molar-refractivity contribution in [2.75, 3.05) is 13.1 Å². The standard InChI is InChI=1S/C12H22N4/c1-4-5-10-14-11(16-15-10)12(9(2)3)6-7-13-8-12/h9,13H,4-8H2,1-3H3,(H,14,15,16). The number of H-pyrrole nitrogens is 1. The van der Waals surface area contributed by atoms with Crippen molar-refractivity contribution in [1.29, 1.82) is 0 Å². The van der Waals surface area contributed by atoms with E-state index in [1.165, 1.54) is 0 Å². The van der Waals surface area contributed by atoms with Crippen molar-refractivity contribution in [3.05, 3.63) is 11.6 Å². The monoisotopic (exact) mass is 222 g/mol. The molecule has 16 heavy (non-hydrogen) atoms. The molecule has 0 saturated carbocycles. The first-order chi connectivity index (χ1) is 7.69. The molecule has 0 radical (unpaired) electrons. The van der Waals surface area contributed by atoms with Crippen LogP contribution in [0.5, 0.6) is 0 Å². The summed E-state index contributed by atoms with van der Waals surface area (Å²) in [6.07, 6.45) is 3.25. The van der Waals surface area contributed by atoms with Crippen molar-refractivity contribution in [2.45, 2.75) is 45.4 Å². The minimum Gasteiger partial charge on any atom is -0.316 e. The van der Waals surface area contributed by atoms with Crippen LogP contribution < -0.4 is 5.32 Å². The van der Waals surface area contributed by atoms with Gasteiger partial charge in [-0.2, -0.15) is 5.10 Å². The Bertz CT molecular complexity index is 337. The van der Waals surface area contributed by atoms with Crippen LogP contribution in [0.3, 0.4) is 0 Å². The molecule has 1 aliphatic rings. The Morgan fingerprint density at radius 1 is 1.44 bits per heavy atom. The van der Waals surface area contributed by atoms with Crippen molar-refractivity contribution in [2.24, 2.45) is 5.92 Å². The van der Waals surface area contributed by atoms with Crippen molar-refractivity contribution < 1.29 is 0 Å². The van der Waals surface area contributed by atoms with Gasteiger partial charge < -0.3 is 5.32 Å². The Morgan fingerprint density at radius 3 is 2.81 bits per heavy atom. The largest absolute Gasteiger partial charge is 0.316 e. The summed E-state index contributed by atoms with van der Waals surface area (Å²) in [5.74, 6) is 2.62. The van der Waals surface area contributed by atoms with Gasteiger partial charge in [0.05, 0.1) is 0 Å². The van der Waals surface area contributed by atoms with Gasteiger partial charge in [-0.05, 0) is 25.3 Å². The van der Waals surface area contributed by atoms with Crippen LogP contribution in [-0.4, -0.2) is 28.3 Å². The van der Waals surface area contributed by atoms with Crippen LogP contribution in [0.1, 0.15) is 45.3 Å². The molecule has 0 amide bonds. The average Bonchev–Trinajstić information content (AvgIpc) is 2.85. The maximum Gasteiger partial charge on any atom is 0.158 e. The fraction of sp³-hybridized carbons (Fsp3) is 0.833. The lowest BCUT2D eigenvalue weighted by Gasteiger charge is -2.29. The minimum absolute atomic E-state index is 0.141. The Hall–Kier alpha value is -0.900. The van der Waals surface area contributed by atoms with E-state index in [-0.39, 0.29) is 5.41 Å². The number of nitrogens with zero attached hydrogens (tertiary/aromatic N) is 2. The SMILES string of the molecule is CCCc1nc(C2(C(C)C)CCNC2)n[nH]1. The van der Waals surface area contributed by atoms with Crippen LogP contribution in [0.15, 0.2) is 0 Å². The highest BCUT2D eigenvalue weighted by Crippen LogP contribution is 2.35. The van der Waals surface area contributed by atoms with Crippen LogP contribution in [0, 0.1) is 5.92 Å². The van der Waals surface area contributed by atoms with Crippen LogP contribution in [0.2, 0.25) is 0 Å². The lowest BCUT2D eigenvalue weighted by molar-refractivity contribution is 0.318. The zero-order valence-electron chi connectivity index (χ0n) is 10.5. The molecule has 90 valence electrons. The quantitative estimate of drug-likeness (QED) is 0.814. The van der Waals surface area contributed by atoms with Crippen molar-refractivity contribution in [1.82, 2.24) is 20.5 Å². The van der Waals surface area contributed by atoms with Gasteiger partial charge in [0.2, 0.25) is 0 Å². The maximum absolute atomic E-state index is 4.67. The molecular weight excluding hydrogens is 200 g/mol. The summed E-state index contributed by atoms with van der Waals surface area (Å²) in [5.41, 5.74) is 0.141. The summed E-state index contributed by atoms with van der Waals surface area (Å²) in [7, 11) is 0. The van der Waals surface area contributed by atoms with Gasteiger partial charge in [0.15, 0.2) is 5.82 Å². The summed E-state index contributed by atoms with van der Waals surface area (Å²) in [6.45, 7) is 8.78. The fourth-order valence-corrected chi connectivity index (χ4v) is 2.52. The summed E-state index contributed by atoms with van der Waals surface area (Å²) in [5, 5.41) is 10.9. The van der Waals surface area contributed by atoms with E-state index in [1.54, 1.807) is 0 Å². The second-order valence-electron chi connectivity index (χ2n) is 5.09. The number of nitrogens with one attached hydrogen (secondary N) is 2. The summed E-state index contributed by atoms with van der Waals surface area (Å²) in [6, 6.07) is 0. The normalized spacial score (nSPS) is 25.5. The lowest BCUT2D eigenvalue weighted by atomic mass is 9.76. The van der Waals surface area contributed by atoms with Gasteiger partial charge in [-0.1, -0.05) is 20.8 Å². The predicted octanol–water partition coefficient (Wildman–Crippen LogP) is 1.64. The molecule has 0 aromatic carbocycles. The van der Waals surface area contributed by atoms with E-state index >= 15 is 0 Å².